The number of hydrogen-bond acceptors (Lipinski definition) is 1. The Hall–Kier alpha value is -0.411. The van der Waals surface area contributed by atoms with Gasteiger partial charge in [0.2, 0.25) is 0 Å². The van der Waals surface area contributed by atoms with Gasteiger partial charge in [-0.2, -0.15) is 0 Å². The van der Waals surface area contributed by atoms with Crippen molar-refractivity contribution in [2.45, 2.75) is 0 Å². The van der Waals surface area contributed by atoms with E-state index in [1.54, 1.807) is 12.4 Å². The first-order chi connectivity index (χ1) is 4.73. The molecule has 5 heteroatoms. The molecule has 0 aliphatic carbocycles. The molecule has 1 aromatic heterocycles. The maximum absolute atomic E-state index is 9.58. The zero-order valence-electron chi connectivity index (χ0n) is 5.30. The zero-order chi connectivity index (χ0) is 7.82. The van der Waals surface area contributed by atoms with Crippen LogP contribution in [0.1, 0.15) is 0 Å². The van der Waals surface area contributed by atoms with Gasteiger partial charge in [0.25, 0.3) is 0 Å². The smallest absolute Gasteiger partial charge is 0.154 e. The number of hydrogen-bond donors (Lipinski definition) is 0. The summed E-state index contributed by atoms with van der Waals surface area (Å²) in [5, 5.41) is 0. The van der Waals surface area contributed by atoms with Crippen LogP contribution in [0.2, 0.25) is 0 Å². The fourth-order valence-electron chi connectivity index (χ4n) is 0.313. The van der Waals surface area contributed by atoms with Gasteiger partial charge in [-0.05, 0) is 12.1 Å². The molecule has 0 aliphatic heterocycles. The van der Waals surface area contributed by atoms with E-state index in [-0.39, 0.29) is 20.1 Å². The van der Waals surface area contributed by atoms with Crippen LogP contribution in [0.5, 0.6) is 0 Å². The molecule has 0 unspecified atom stereocenters. The molecule has 0 aromatic carbocycles. The third-order valence-electron chi connectivity index (χ3n) is 0.566. The number of nitrogens with zero attached hydrogens (tertiary/aromatic N) is 1. The fraction of sp³-hybridized carbons (Fsp3) is 0. The van der Waals surface area contributed by atoms with E-state index in [9.17, 15) is 13.2 Å². The first-order valence-corrected chi connectivity index (χ1v) is 2.42. The molecule has 1 radical (unpaired) electrons. The van der Waals surface area contributed by atoms with Gasteiger partial charge in [-0.3, -0.25) is 4.98 Å². The molecule has 0 spiro atoms. The number of aromatic nitrogens is 1. The summed E-state index contributed by atoms with van der Waals surface area (Å²) in [6, 6.07) is 5.72. The largest absolute Gasteiger partial charge is 0.385 e. The van der Waals surface area contributed by atoms with Crippen LogP contribution in [0.15, 0.2) is 30.6 Å². The Bertz CT molecular complexity index is 118. The third-order valence-corrected chi connectivity index (χ3v) is 0.566. The van der Waals surface area contributed by atoms with Crippen molar-refractivity contribution < 1.29 is 33.3 Å². The monoisotopic (exact) mass is 341 g/mol. The first kappa shape index (κ1) is 13.2. The zero-order valence-corrected chi connectivity index (χ0v) is 7.70. The summed E-state index contributed by atoms with van der Waals surface area (Å²) in [4.78, 5) is 3.78. The van der Waals surface area contributed by atoms with Crippen LogP contribution in [-0.2, 0) is 20.1 Å². The van der Waals surface area contributed by atoms with Crippen LogP contribution in [-0.4, -0.2) is 4.98 Å². The summed E-state index contributed by atoms with van der Waals surface area (Å²) in [6.07, 6.45) is 3.50. The van der Waals surface area contributed by atoms with E-state index in [0.717, 1.165) is 0 Å². The van der Waals surface area contributed by atoms with E-state index >= 15 is 0 Å². The van der Waals surface area contributed by atoms with Gasteiger partial charge >= 0.3 is 0 Å². The quantitative estimate of drug-likeness (QED) is 0.661. The normalized spacial score (nSPS) is 7.64. The van der Waals surface area contributed by atoms with Gasteiger partial charge in [0, 0.05) is 32.5 Å². The minimum Gasteiger partial charge on any atom is -0.385 e. The summed E-state index contributed by atoms with van der Waals surface area (Å²) in [7, 11) is 0. The molecule has 0 fully saturated rings. The summed E-state index contributed by atoms with van der Waals surface area (Å²) < 4.78 is 28.8. The molecule has 0 saturated carbocycles. The standard InChI is InChI=1S/C5H5N.CF3.Ir/c1-2-4-6-5-3-1;2-1(3)4;/h1-5H;;/q;-1;. The summed E-state index contributed by atoms with van der Waals surface area (Å²) in [5.74, 6) is 0. The SMILES string of the molecule is F[C-](F)F.[Ir].c1ccncc1. The van der Waals surface area contributed by atoms with Crippen molar-refractivity contribution in [2.75, 3.05) is 0 Å². The van der Waals surface area contributed by atoms with Crippen LogP contribution < -0.4 is 0 Å². The van der Waals surface area contributed by atoms with Crippen LogP contribution >= 0.6 is 0 Å². The fourth-order valence-corrected chi connectivity index (χ4v) is 0.313. The Morgan fingerprint density at radius 1 is 0.909 bits per heavy atom. The predicted octanol–water partition coefficient (Wildman–Crippen LogP) is 2.42. The topological polar surface area (TPSA) is 12.9 Å². The molecule has 0 saturated heterocycles. The van der Waals surface area contributed by atoms with Gasteiger partial charge in [0.15, 0.2) is 6.68 Å². The van der Waals surface area contributed by atoms with Gasteiger partial charge in [0.05, 0.1) is 0 Å². The second-order valence-electron chi connectivity index (χ2n) is 1.24. The summed E-state index contributed by atoms with van der Waals surface area (Å²) in [5.41, 5.74) is 0. The maximum Gasteiger partial charge on any atom is 0.154 e. The summed E-state index contributed by atoms with van der Waals surface area (Å²) in [6.45, 7) is -3.08. The molecule has 11 heavy (non-hydrogen) atoms. The molecule has 1 rings (SSSR count). The van der Waals surface area contributed by atoms with Crippen LogP contribution in [0.4, 0.5) is 13.2 Å². The van der Waals surface area contributed by atoms with E-state index in [4.69, 9.17) is 0 Å². The average Bonchev–Trinajstić information content (AvgIpc) is 1.90. The van der Waals surface area contributed by atoms with Gasteiger partial charge in [-0.25, -0.2) is 0 Å². The average molecular weight is 340 g/mol. The van der Waals surface area contributed by atoms with E-state index in [2.05, 4.69) is 4.98 Å². The Labute approximate surface area is 76.0 Å². The van der Waals surface area contributed by atoms with Gasteiger partial charge in [-0.15, -0.1) is 0 Å². The molecule has 0 bridgehead atoms. The van der Waals surface area contributed by atoms with E-state index < -0.39 is 6.68 Å². The Kier molecular flexibility index (Phi) is 11.5. The maximum atomic E-state index is 9.58. The van der Waals surface area contributed by atoms with Crippen molar-refractivity contribution in [3.05, 3.63) is 37.3 Å². The van der Waals surface area contributed by atoms with Gasteiger partial charge < -0.3 is 13.2 Å². The molecule has 0 N–H and O–H groups in total. The van der Waals surface area contributed by atoms with Gasteiger partial charge in [-0.1, -0.05) is 6.07 Å². The minimum absolute atomic E-state index is 0. The molecule has 0 amide bonds. The minimum atomic E-state index is -3.08. The predicted molar refractivity (Wildman–Crippen MR) is 30.8 cm³/mol. The molecule has 65 valence electrons. The molecular weight excluding hydrogens is 335 g/mol. The number of halogens is 3. The molecule has 0 atom stereocenters. The van der Waals surface area contributed by atoms with Crippen molar-refractivity contribution in [1.29, 1.82) is 0 Å². The van der Waals surface area contributed by atoms with Crippen molar-refractivity contribution >= 4 is 0 Å². The Morgan fingerprint density at radius 2 is 1.27 bits per heavy atom. The molecule has 0 aliphatic rings. The van der Waals surface area contributed by atoms with Crippen LogP contribution in [0.25, 0.3) is 0 Å². The first-order valence-electron chi connectivity index (χ1n) is 2.42. The molecule has 1 heterocycles. The molecule has 1 nitrogen and oxygen atoms in total. The van der Waals surface area contributed by atoms with Crippen LogP contribution in [0.3, 0.4) is 0 Å². The second kappa shape index (κ2) is 9.59. The summed E-state index contributed by atoms with van der Waals surface area (Å²) >= 11 is 0. The third kappa shape index (κ3) is 17.7. The van der Waals surface area contributed by atoms with E-state index in [1.807, 2.05) is 18.2 Å². The van der Waals surface area contributed by atoms with Crippen molar-refractivity contribution in [3.63, 3.8) is 0 Å². The van der Waals surface area contributed by atoms with Crippen molar-refractivity contribution in [2.24, 2.45) is 0 Å². The molecule has 1 aromatic rings. The van der Waals surface area contributed by atoms with Crippen molar-refractivity contribution in [3.8, 4) is 0 Å². The number of rotatable bonds is 0. The van der Waals surface area contributed by atoms with E-state index in [0.29, 0.717) is 0 Å². The second-order valence-corrected chi connectivity index (χ2v) is 1.24. The van der Waals surface area contributed by atoms with Gasteiger partial charge in [0.1, 0.15) is 0 Å². The Balaban J connectivity index is 0. The van der Waals surface area contributed by atoms with Crippen molar-refractivity contribution in [1.82, 2.24) is 4.98 Å². The van der Waals surface area contributed by atoms with E-state index in [1.165, 1.54) is 0 Å². The molecular formula is C6H5F3IrN-. The van der Waals surface area contributed by atoms with Crippen LogP contribution in [0, 0.1) is 6.68 Å². The Morgan fingerprint density at radius 3 is 1.36 bits per heavy atom. The number of pyridine rings is 1.